The highest BCUT2D eigenvalue weighted by Crippen LogP contribution is 2.43. The first-order chi connectivity index (χ1) is 6.55. The molecule has 1 aliphatic heterocycles. The van der Waals surface area contributed by atoms with Crippen LogP contribution in [0.15, 0.2) is 11.3 Å². The molecule has 0 aliphatic carbocycles. The fourth-order valence-corrected chi connectivity index (χ4v) is 2.32. The first-order valence-electron chi connectivity index (χ1n) is 4.22. The summed E-state index contributed by atoms with van der Waals surface area (Å²) in [6, 6.07) is 0. The van der Waals surface area contributed by atoms with Crippen molar-refractivity contribution in [2.24, 2.45) is 0 Å². The van der Waals surface area contributed by atoms with Crippen LogP contribution >= 0.6 is 11.8 Å². The van der Waals surface area contributed by atoms with E-state index in [1.807, 2.05) is 0 Å². The molecular formula is C9H14O4S. The Morgan fingerprint density at radius 2 is 2.21 bits per heavy atom. The van der Waals surface area contributed by atoms with Gasteiger partial charge in [-0.2, -0.15) is 0 Å². The molecule has 1 rings (SSSR count). The Morgan fingerprint density at radius 3 is 2.71 bits per heavy atom. The average molecular weight is 218 g/mol. The second kappa shape index (κ2) is 4.33. The minimum absolute atomic E-state index is 0.0485. The second-order valence-corrected chi connectivity index (χ2v) is 4.76. The summed E-state index contributed by atoms with van der Waals surface area (Å²) in [6.07, 6.45) is 0. The molecule has 80 valence electrons. The summed E-state index contributed by atoms with van der Waals surface area (Å²) >= 11 is 1.09. The van der Waals surface area contributed by atoms with Gasteiger partial charge in [0.05, 0.1) is 6.61 Å². The lowest BCUT2D eigenvalue weighted by Crippen LogP contribution is -2.27. The molecule has 4 nitrogen and oxygen atoms in total. The first kappa shape index (κ1) is 11.6. The molecule has 0 spiro atoms. The van der Waals surface area contributed by atoms with Crippen molar-refractivity contribution in [3.8, 4) is 0 Å². The summed E-state index contributed by atoms with van der Waals surface area (Å²) in [5, 5.41) is 9.15. The molecule has 0 fully saturated rings. The zero-order valence-corrected chi connectivity index (χ0v) is 9.31. The van der Waals surface area contributed by atoms with E-state index in [2.05, 4.69) is 0 Å². The van der Waals surface area contributed by atoms with E-state index in [9.17, 15) is 9.90 Å². The van der Waals surface area contributed by atoms with Crippen molar-refractivity contribution in [3.63, 3.8) is 0 Å². The van der Waals surface area contributed by atoms with E-state index < -0.39 is 4.75 Å². The Balaban J connectivity index is 2.88. The number of aliphatic hydroxyl groups is 1. The van der Waals surface area contributed by atoms with Crippen LogP contribution in [0.25, 0.3) is 0 Å². The molecule has 0 amide bonds. The highest BCUT2D eigenvalue weighted by molar-refractivity contribution is 8.15. The maximum atomic E-state index is 11.4. The molecule has 0 aromatic rings. The van der Waals surface area contributed by atoms with Crippen LogP contribution in [0.1, 0.15) is 13.8 Å². The molecule has 0 radical (unpaired) electrons. The Bertz CT molecular complexity index is 274. The van der Waals surface area contributed by atoms with E-state index in [1.54, 1.807) is 13.8 Å². The number of hydrogen-bond acceptors (Lipinski definition) is 5. The summed E-state index contributed by atoms with van der Waals surface area (Å²) in [5.74, 6) is 0.525. The minimum atomic E-state index is -0.653. The molecule has 0 unspecified atom stereocenters. The maximum Gasteiger partial charge on any atom is 0.219 e. The zero-order valence-electron chi connectivity index (χ0n) is 8.49. The molecule has 1 N–H and O–H groups in total. The molecular weight excluding hydrogens is 204 g/mol. The monoisotopic (exact) mass is 218 g/mol. The van der Waals surface area contributed by atoms with Crippen molar-refractivity contribution in [1.29, 1.82) is 0 Å². The fraction of sp³-hybridized carbons (Fsp3) is 0.667. The van der Waals surface area contributed by atoms with Gasteiger partial charge in [-0.15, -0.1) is 0 Å². The molecule has 1 atom stereocenters. The van der Waals surface area contributed by atoms with Crippen LogP contribution in [-0.2, 0) is 14.3 Å². The Hall–Kier alpha value is -0.520. The Kier molecular flexibility index (Phi) is 3.58. The normalized spacial score (nSPS) is 27.3. The summed E-state index contributed by atoms with van der Waals surface area (Å²) in [6.45, 7) is 3.44. The van der Waals surface area contributed by atoms with Gasteiger partial charge < -0.3 is 14.6 Å². The van der Waals surface area contributed by atoms with Crippen LogP contribution in [0, 0.1) is 0 Å². The van der Waals surface area contributed by atoms with Gasteiger partial charge in [0.15, 0.2) is 6.79 Å². The molecule has 0 bridgehead atoms. The number of thioether (sulfide) groups is 1. The van der Waals surface area contributed by atoms with E-state index in [1.165, 1.54) is 7.11 Å². The first-order valence-corrected chi connectivity index (χ1v) is 5.04. The fourth-order valence-electron chi connectivity index (χ4n) is 1.30. The molecule has 5 heteroatoms. The number of hydrogen-bond donors (Lipinski definition) is 1. The summed E-state index contributed by atoms with van der Waals surface area (Å²) < 4.78 is 9.41. The van der Waals surface area contributed by atoms with E-state index in [0.29, 0.717) is 11.3 Å². The molecule has 0 saturated heterocycles. The van der Waals surface area contributed by atoms with Crippen molar-refractivity contribution in [2.75, 3.05) is 20.5 Å². The number of rotatable bonds is 4. The van der Waals surface area contributed by atoms with Crippen LogP contribution in [-0.4, -0.2) is 35.5 Å². The third-order valence-corrected chi connectivity index (χ3v) is 3.32. The van der Waals surface area contributed by atoms with Crippen molar-refractivity contribution in [1.82, 2.24) is 0 Å². The lowest BCUT2D eigenvalue weighted by molar-refractivity contribution is -0.107. The van der Waals surface area contributed by atoms with Crippen molar-refractivity contribution < 1.29 is 19.4 Å². The molecule has 1 aliphatic rings. The number of carbonyl (C=O) groups excluding carboxylic acids is 1. The van der Waals surface area contributed by atoms with Crippen molar-refractivity contribution in [3.05, 3.63) is 11.3 Å². The standard InChI is InChI=1S/C9H14O4S/c1-6-7(13-5-12-3)9(2,4-10)14-8(6)11/h10H,4-5H2,1-3H3/t9-/m0/s1. The lowest BCUT2D eigenvalue weighted by Gasteiger charge is -2.23. The van der Waals surface area contributed by atoms with Gasteiger partial charge in [-0.3, -0.25) is 4.79 Å². The predicted octanol–water partition coefficient (Wildman–Crippen LogP) is 0.905. The second-order valence-electron chi connectivity index (χ2n) is 3.28. The van der Waals surface area contributed by atoms with E-state index in [4.69, 9.17) is 9.47 Å². The molecule has 0 saturated carbocycles. The summed E-state index contributed by atoms with van der Waals surface area (Å²) in [5.41, 5.74) is 0.559. The van der Waals surface area contributed by atoms with Gasteiger partial charge in [-0.1, -0.05) is 11.8 Å². The molecule has 0 aromatic carbocycles. The smallest absolute Gasteiger partial charge is 0.219 e. The van der Waals surface area contributed by atoms with E-state index in [-0.39, 0.29) is 18.5 Å². The SMILES string of the molecule is COCOC1=C(C)C(=O)S[C@@]1(C)CO. The van der Waals surface area contributed by atoms with Gasteiger partial charge in [0.1, 0.15) is 10.5 Å². The lowest BCUT2D eigenvalue weighted by atomic mass is 10.1. The molecule has 1 heterocycles. The maximum absolute atomic E-state index is 11.4. The Labute approximate surface area is 87.3 Å². The van der Waals surface area contributed by atoms with Crippen LogP contribution in [0.2, 0.25) is 0 Å². The van der Waals surface area contributed by atoms with Crippen LogP contribution in [0.5, 0.6) is 0 Å². The van der Waals surface area contributed by atoms with E-state index >= 15 is 0 Å². The Morgan fingerprint density at radius 1 is 1.57 bits per heavy atom. The number of carbonyl (C=O) groups is 1. The average Bonchev–Trinajstić information content (AvgIpc) is 2.37. The number of aliphatic hydroxyl groups excluding tert-OH is 1. The van der Waals surface area contributed by atoms with E-state index in [0.717, 1.165) is 11.8 Å². The minimum Gasteiger partial charge on any atom is -0.470 e. The van der Waals surface area contributed by atoms with Crippen LogP contribution in [0.4, 0.5) is 0 Å². The van der Waals surface area contributed by atoms with Gasteiger partial charge in [0, 0.05) is 12.7 Å². The third kappa shape index (κ3) is 1.94. The predicted molar refractivity (Wildman–Crippen MR) is 53.7 cm³/mol. The van der Waals surface area contributed by atoms with Gasteiger partial charge >= 0.3 is 0 Å². The third-order valence-electron chi connectivity index (χ3n) is 2.07. The van der Waals surface area contributed by atoms with Crippen LogP contribution < -0.4 is 0 Å². The van der Waals surface area contributed by atoms with Crippen molar-refractivity contribution in [2.45, 2.75) is 18.6 Å². The molecule has 0 aromatic heterocycles. The van der Waals surface area contributed by atoms with Gasteiger partial charge in [0.2, 0.25) is 5.12 Å². The van der Waals surface area contributed by atoms with Gasteiger partial charge in [0.25, 0.3) is 0 Å². The van der Waals surface area contributed by atoms with Gasteiger partial charge in [-0.25, -0.2) is 0 Å². The largest absolute Gasteiger partial charge is 0.470 e. The zero-order chi connectivity index (χ0) is 10.8. The summed E-state index contributed by atoms with van der Waals surface area (Å²) in [7, 11) is 1.51. The quantitative estimate of drug-likeness (QED) is 0.711. The highest BCUT2D eigenvalue weighted by atomic mass is 32.2. The molecule has 14 heavy (non-hydrogen) atoms. The highest BCUT2D eigenvalue weighted by Gasteiger charge is 2.42. The summed E-state index contributed by atoms with van der Waals surface area (Å²) in [4.78, 5) is 11.4. The number of ether oxygens (including phenoxy) is 2. The van der Waals surface area contributed by atoms with Crippen LogP contribution in [0.3, 0.4) is 0 Å². The van der Waals surface area contributed by atoms with Crippen molar-refractivity contribution >= 4 is 16.9 Å². The number of methoxy groups -OCH3 is 1. The van der Waals surface area contributed by atoms with Gasteiger partial charge in [-0.05, 0) is 13.8 Å². The topological polar surface area (TPSA) is 55.8 Å².